The number of benzene rings is 1. The minimum Gasteiger partial charge on any atom is -0.481 e. The van der Waals surface area contributed by atoms with Gasteiger partial charge in [0.15, 0.2) is 0 Å². The third-order valence-electron chi connectivity index (χ3n) is 3.36. The number of piperazine rings is 1. The molecule has 1 aliphatic heterocycles. The molecule has 19 heavy (non-hydrogen) atoms. The molecule has 104 valence electrons. The summed E-state index contributed by atoms with van der Waals surface area (Å²) < 4.78 is 0. The molecule has 1 aromatic rings. The van der Waals surface area contributed by atoms with Gasteiger partial charge >= 0.3 is 5.97 Å². The standard InChI is InChI=1S/C14H19ClN2O2/c1-10-8-17(5-4-16-10)9-12-6-13(15)3-2-11(12)7-14(18)19/h2-3,6,10,16H,4-5,7-9H2,1H3,(H,18,19)/t10-/m0/s1. The molecule has 1 heterocycles. The summed E-state index contributed by atoms with van der Waals surface area (Å²) in [4.78, 5) is 13.2. The van der Waals surface area contributed by atoms with E-state index >= 15 is 0 Å². The maximum atomic E-state index is 10.9. The van der Waals surface area contributed by atoms with E-state index in [0.717, 1.165) is 37.3 Å². The first-order chi connectivity index (χ1) is 9.04. The third kappa shape index (κ3) is 4.20. The van der Waals surface area contributed by atoms with Crippen LogP contribution in [-0.4, -0.2) is 41.7 Å². The van der Waals surface area contributed by atoms with Gasteiger partial charge in [0.25, 0.3) is 0 Å². The monoisotopic (exact) mass is 282 g/mol. The van der Waals surface area contributed by atoms with Gasteiger partial charge in [-0.3, -0.25) is 9.69 Å². The predicted molar refractivity (Wildman–Crippen MR) is 75.5 cm³/mol. The quantitative estimate of drug-likeness (QED) is 0.884. The largest absolute Gasteiger partial charge is 0.481 e. The van der Waals surface area contributed by atoms with Crippen molar-refractivity contribution in [3.05, 3.63) is 34.3 Å². The van der Waals surface area contributed by atoms with Gasteiger partial charge in [-0.1, -0.05) is 17.7 Å². The molecule has 1 atom stereocenters. The van der Waals surface area contributed by atoms with E-state index in [1.807, 2.05) is 12.1 Å². The Morgan fingerprint density at radius 2 is 2.32 bits per heavy atom. The molecule has 1 fully saturated rings. The van der Waals surface area contributed by atoms with Crippen LogP contribution >= 0.6 is 11.6 Å². The minimum absolute atomic E-state index is 0.0497. The first kappa shape index (κ1) is 14.3. The summed E-state index contributed by atoms with van der Waals surface area (Å²) in [6.45, 7) is 5.83. The Kier molecular flexibility index (Phi) is 4.80. The molecule has 5 heteroatoms. The van der Waals surface area contributed by atoms with Crippen LogP contribution in [0.3, 0.4) is 0 Å². The summed E-state index contributed by atoms with van der Waals surface area (Å²) >= 11 is 6.02. The number of nitrogens with one attached hydrogen (secondary N) is 1. The van der Waals surface area contributed by atoms with E-state index in [4.69, 9.17) is 16.7 Å². The fourth-order valence-corrected chi connectivity index (χ4v) is 2.67. The van der Waals surface area contributed by atoms with Crippen LogP contribution in [0, 0.1) is 0 Å². The molecule has 0 radical (unpaired) electrons. The molecule has 1 aliphatic rings. The van der Waals surface area contributed by atoms with Crippen LogP contribution < -0.4 is 5.32 Å². The number of nitrogens with zero attached hydrogens (tertiary/aromatic N) is 1. The lowest BCUT2D eigenvalue weighted by molar-refractivity contribution is -0.136. The number of carboxylic acid groups (broad SMARTS) is 1. The highest BCUT2D eigenvalue weighted by Crippen LogP contribution is 2.19. The predicted octanol–water partition coefficient (Wildman–Crippen LogP) is 1.76. The van der Waals surface area contributed by atoms with E-state index in [-0.39, 0.29) is 6.42 Å². The highest BCUT2D eigenvalue weighted by Gasteiger charge is 2.17. The Morgan fingerprint density at radius 3 is 3.00 bits per heavy atom. The van der Waals surface area contributed by atoms with Crippen molar-refractivity contribution >= 4 is 17.6 Å². The summed E-state index contributed by atoms with van der Waals surface area (Å²) in [6.07, 6.45) is 0.0497. The van der Waals surface area contributed by atoms with E-state index in [0.29, 0.717) is 11.1 Å². The van der Waals surface area contributed by atoms with Crippen molar-refractivity contribution in [1.29, 1.82) is 0 Å². The first-order valence-corrected chi connectivity index (χ1v) is 6.87. The van der Waals surface area contributed by atoms with Crippen molar-refractivity contribution in [2.75, 3.05) is 19.6 Å². The van der Waals surface area contributed by atoms with E-state index in [9.17, 15) is 4.79 Å². The molecular formula is C14H19ClN2O2. The van der Waals surface area contributed by atoms with Crippen LogP contribution in [-0.2, 0) is 17.8 Å². The van der Waals surface area contributed by atoms with Gasteiger partial charge in [-0.25, -0.2) is 0 Å². The van der Waals surface area contributed by atoms with Gasteiger partial charge in [0.05, 0.1) is 6.42 Å². The van der Waals surface area contributed by atoms with Crippen molar-refractivity contribution in [2.24, 2.45) is 0 Å². The van der Waals surface area contributed by atoms with E-state index in [1.54, 1.807) is 6.07 Å². The molecule has 0 amide bonds. The topological polar surface area (TPSA) is 52.6 Å². The van der Waals surface area contributed by atoms with E-state index in [1.165, 1.54) is 0 Å². The number of hydrogen-bond donors (Lipinski definition) is 2. The molecule has 0 unspecified atom stereocenters. The Hall–Kier alpha value is -1.10. The molecular weight excluding hydrogens is 264 g/mol. The molecule has 4 nitrogen and oxygen atoms in total. The summed E-state index contributed by atoms with van der Waals surface area (Å²) in [6, 6.07) is 5.92. The second kappa shape index (κ2) is 6.37. The Balaban J connectivity index is 2.13. The summed E-state index contributed by atoms with van der Waals surface area (Å²) in [5, 5.41) is 13.0. The van der Waals surface area contributed by atoms with Gasteiger partial charge in [0.1, 0.15) is 0 Å². The molecule has 0 aromatic heterocycles. The minimum atomic E-state index is -0.808. The SMILES string of the molecule is C[C@H]1CN(Cc2cc(Cl)ccc2CC(=O)O)CCN1. The van der Waals surface area contributed by atoms with Gasteiger partial charge in [-0.15, -0.1) is 0 Å². The van der Waals surface area contributed by atoms with Gasteiger partial charge in [0, 0.05) is 37.2 Å². The normalized spacial score (nSPS) is 20.4. The van der Waals surface area contributed by atoms with Crippen molar-refractivity contribution < 1.29 is 9.90 Å². The average molecular weight is 283 g/mol. The molecule has 1 aromatic carbocycles. The van der Waals surface area contributed by atoms with Crippen molar-refractivity contribution in [2.45, 2.75) is 25.9 Å². The van der Waals surface area contributed by atoms with Gasteiger partial charge in [0.2, 0.25) is 0 Å². The van der Waals surface area contributed by atoms with Crippen LogP contribution in [0.15, 0.2) is 18.2 Å². The highest BCUT2D eigenvalue weighted by molar-refractivity contribution is 6.30. The molecule has 0 aliphatic carbocycles. The summed E-state index contributed by atoms with van der Waals surface area (Å²) in [5.41, 5.74) is 1.87. The Bertz CT molecular complexity index is 465. The number of rotatable bonds is 4. The molecule has 2 rings (SSSR count). The first-order valence-electron chi connectivity index (χ1n) is 6.49. The van der Waals surface area contributed by atoms with Crippen LogP contribution in [0.1, 0.15) is 18.1 Å². The lowest BCUT2D eigenvalue weighted by Crippen LogP contribution is -2.48. The molecule has 0 saturated carbocycles. The molecule has 0 spiro atoms. The highest BCUT2D eigenvalue weighted by atomic mass is 35.5. The lowest BCUT2D eigenvalue weighted by Gasteiger charge is -2.32. The molecule has 0 bridgehead atoms. The fraction of sp³-hybridized carbons (Fsp3) is 0.500. The van der Waals surface area contributed by atoms with Gasteiger partial charge in [-0.2, -0.15) is 0 Å². The molecule has 1 saturated heterocycles. The average Bonchev–Trinajstić information content (AvgIpc) is 2.32. The zero-order valence-electron chi connectivity index (χ0n) is 11.0. The number of carboxylic acids is 1. The van der Waals surface area contributed by atoms with Crippen molar-refractivity contribution in [1.82, 2.24) is 10.2 Å². The van der Waals surface area contributed by atoms with Crippen LogP contribution in [0.2, 0.25) is 5.02 Å². The summed E-state index contributed by atoms with van der Waals surface area (Å²) in [7, 11) is 0. The van der Waals surface area contributed by atoms with Crippen molar-refractivity contribution in [3.8, 4) is 0 Å². The smallest absolute Gasteiger partial charge is 0.307 e. The lowest BCUT2D eigenvalue weighted by atomic mass is 10.0. The van der Waals surface area contributed by atoms with Crippen LogP contribution in [0.5, 0.6) is 0 Å². The Morgan fingerprint density at radius 1 is 1.53 bits per heavy atom. The van der Waals surface area contributed by atoms with Crippen molar-refractivity contribution in [3.63, 3.8) is 0 Å². The number of hydrogen-bond acceptors (Lipinski definition) is 3. The zero-order valence-corrected chi connectivity index (χ0v) is 11.8. The van der Waals surface area contributed by atoms with Gasteiger partial charge < -0.3 is 10.4 Å². The van der Waals surface area contributed by atoms with Gasteiger partial charge in [-0.05, 0) is 30.2 Å². The maximum Gasteiger partial charge on any atom is 0.307 e. The second-order valence-electron chi connectivity index (χ2n) is 5.07. The van der Waals surface area contributed by atoms with E-state index < -0.39 is 5.97 Å². The van der Waals surface area contributed by atoms with Crippen LogP contribution in [0.4, 0.5) is 0 Å². The van der Waals surface area contributed by atoms with E-state index in [2.05, 4.69) is 17.1 Å². The summed E-state index contributed by atoms with van der Waals surface area (Å²) in [5.74, 6) is -0.808. The number of halogens is 1. The Labute approximate surface area is 118 Å². The molecule has 2 N–H and O–H groups in total. The van der Waals surface area contributed by atoms with Crippen LogP contribution in [0.25, 0.3) is 0 Å². The fourth-order valence-electron chi connectivity index (χ4n) is 2.47. The number of aliphatic carboxylic acids is 1. The second-order valence-corrected chi connectivity index (χ2v) is 5.51. The third-order valence-corrected chi connectivity index (χ3v) is 3.59. The number of carbonyl (C=O) groups is 1. The maximum absolute atomic E-state index is 10.9. The zero-order chi connectivity index (χ0) is 13.8.